The number of aliphatic carboxylic acids is 1. The predicted molar refractivity (Wildman–Crippen MR) is 76.8 cm³/mol. The molecule has 1 N–H and O–H groups in total. The molecule has 0 aliphatic carbocycles. The van der Waals surface area contributed by atoms with Gasteiger partial charge < -0.3 is 14.4 Å². The number of rotatable bonds is 7. The molecule has 1 aromatic heterocycles. The van der Waals surface area contributed by atoms with E-state index in [0.29, 0.717) is 16.7 Å². The molecular formula is C12H12N4O5S. The van der Waals surface area contributed by atoms with Crippen LogP contribution in [-0.4, -0.2) is 36.5 Å². The summed E-state index contributed by atoms with van der Waals surface area (Å²) in [5.74, 6) is -0.0499. The van der Waals surface area contributed by atoms with E-state index >= 15 is 0 Å². The highest BCUT2D eigenvalue weighted by atomic mass is 32.2. The largest absolute Gasteiger partial charge is 0.486 e. The average Bonchev–Trinajstić information content (AvgIpc) is 2.84. The summed E-state index contributed by atoms with van der Waals surface area (Å²) >= 11 is 1.06. The number of hydrogen-bond donors (Lipinski definition) is 1. The lowest BCUT2D eigenvalue weighted by molar-refractivity contribution is -0.384. The summed E-state index contributed by atoms with van der Waals surface area (Å²) in [6, 6.07) is 5.68. The fourth-order valence-corrected chi connectivity index (χ4v) is 2.18. The molecule has 9 nitrogen and oxygen atoms in total. The van der Waals surface area contributed by atoms with Gasteiger partial charge in [0.15, 0.2) is 11.0 Å². The smallest absolute Gasteiger partial charge is 0.313 e. The maximum atomic E-state index is 10.5. The van der Waals surface area contributed by atoms with E-state index in [0.717, 1.165) is 11.8 Å². The van der Waals surface area contributed by atoms with Crippen molar-refractivity contribution in [2.75, 3.05) is 5.75 Å². The van der Waals surface area contributed by atoms with Crippen LogP contribution in [0.1, 0.15) is 5.82 Å². The molecule has 10 heteroatoms. The predicted octanol–water partition coefficient (Wildman–Crippen LogP) is 1.48. The van der Waals surface area contributed by atoms with Gasteiger partial charge in [-0.05, 0) is 12.1 Å². The summed E-state index contributed by atoms with van der Waals surface area (Å²) in [5, 5.41) is 27.5. The van der Waals surface area contributed by atoms with Crippen LogP contribution in [0, 0.1) is 10.1 Å². The van der Waals surface area contributed by atoms with Crippen LogP contribution in [0.25, 0.3) is 0 Å². The fraction of sp³-hybridized carbons (Fsp3) is 0.250. The van der Waals surface area contributed by atoms with Gasteiger partial charge in [-0.1, -0.05) is 11.8 Å². The number of nitro groups is 1. The zero-order valence-corrected chi connectivity index (χ0v) is 12.3. The van der Waals surface area contributed by atoms with E-state index in [1.165, 1.54) is 24.3 Å². The summed E-state index contributed by atoms with van der Waals surface area (Å²) in [4.78, 5) is 20.6. The van der Waals surface area contributed by atoms with Gasteiger partial charge in [-0.3, -0.25) is 14.9 Å². The molecule has 0 amide bonds. The van der Waals surface area contributed by atoms with Crippen molar-refractivity contribution in [1.82, 2.24) is 14.8 Å². The number of nitro benzene ring substituents is 1. The minimum atomic E-state index is -0.934. The van der Waals surface area contributed by atoms with E-state index in [2.05, 4.69) is 10.2 Å². The molecule has 1 aromatic carbocycles. The van der Waals surface area contributed by atoms with Gasteiger partial charge in [0, 0.05) is 19.2 Å². The van der Waals surface area contributed by atoms with Crippen LogP contribution >= 0.6 is 11.8 Å². The van der Waals surface area contributed by atoms with Gasteiger partial charge >= 0.3 is 5.97 Å². The van der Waals surface area contributed by atoms with Crippen molar-refractivity contribution < 1.29 is 19.6 Å². The third kappa shape index (κ3) is 3.95. The molecule has 22 heavy (non-hydrogen) atoms. The van der Waals surface area contributed by atoms with Gasteiger partial charge in [-0.15, -0.1) is 10.2 Å². The minimum Gasteiger partial charge on any atom is -0.486 e. The number of aromatic nitrogens is 3. The molecule has 0 bridgehead atoms. The number of benzene rings is 1. The summed E-state index contributed by atoms with van der Waals surface area (Å²) < 4.78 is 7.11. The molecule has 0 atom stereocenters. The van der Waals surface area contributed by atoms with Gasteiger partial charge in [0.05, 0.1) is 10.7 Å². The first-order chi connectivity index (χ1) is 10.5. The average molecular weight is 324 g/mol. The van der Waals surface area contributed by atoms with Crippen LogP contribution in [0.2, 0.25) is 0 Å². The van der Waals surface area contributed by atoms with E-state index in [1.807, 2.05) is 0 Å². The van der Waals surface area contributed by atoms with Crippen molar-refractivity contribution >= 4 is 23.4 Å². The van der Waals surface area contributed by atoms with Crippen LogP contribution in [0.4, 0.5) is 5.69 Å². The summed E-state index contributed by atoms with van der Waals surface area (Å²) in [7, 11) is 1.71. The van der Waals surface area contributed by atoms with Crippen LogP contribution in [0.15, 0.2) is 29.4 Å². The molecule has 2 rings (SSSR count). The standard InChI is InChI=1S/C12H12N4O5S/c1-15-10(13-14-12(15)22-7-11(17)18)6-21-9-4-2-8(3-5-9)16(19)20/h2-5H,6-7H2,1H3,(H,17,18). The molecule has 116 valence electrons. The number of carboxylic acids is 1. The Balaban J connectivity index is 1.96. The summed E-state index contributed by atoms with van der Waals surface area (Å²) in [5.41, 5.74) is -0.0154. The molecule has 0 radical (unpaired) electrons. The maximum absolute atomic E-state index is 10.5. The number of non-ortho nitro benzene ring substituents is 1. The quantitative estimate of drug-likeness (QED) is 0.462. The van der Waals surface area contributed by atoms with Crippen molar-refractivity contribution in [3.8, 4) is 5.75 Å². The Kier molecular flexibility index (Phi) is 4.94. The minimum absolute atomic E-state index is 0.0154. The molecule has 0 aliphatic rings. The van der Waals surface area contributed by atoms with Gasteiger partial charge in [0.2, 0.25) is 0 Å². The number of carbonyl (C=O) groups is 1. The second-order valence-electron chi connectivity index (χ2n) is 4.18. The number of thioether (sulfide) groups is 1. The highest BCUT2D eigenvalue weighted by molar-refractivity contribution is 7.99. The first-order valence-electron chi connectivity index (χ1n) is 6.07. The van der Waals surface area contributed by atoms with E-state index < -0.39 is 10.9 Å². The maximum Gasteiger partial charge on any atom is 0.313 e. The second-order valence-corrected chi connectivity index (χ2v) is 5.12. The Hall–Kier alpha value is -2.62. The monoisotopic (exact) mass is 324 g/mol. The SMILES string of the molecule is Cn1c(COc2ccc([N+](=O)[O-])cc2)nnc1SCC(=O)O. The highest BCUT2D eigenvalue weighted by Gasteiger charge is 2.12. The van der Waals surface area contributed by atoms with E-state index in [-0.39, 0.29) is 18.0 Å². The van der Waals surface area contributed by atoms with Crippen LogP contribution in [0.5, 0.6) is 5.75 Å². The zero-order chi connectivity index (χ0) is 16.1. The molecule has 0 aliphatic heterocycles. The van der Waals surface area contributed by atoms with Crippen molar-refractivity contribution in [3.63, 3.8) is 0 Å². The summed E-state index contributed by atoms with van der Waals surface area (Å²) in [6.07, 6.45) is 0. The van der Waals surface area contributed by atoms with Crippen molar-refractivity contribution in [2.24, 2.45) is 7.05 Å². The lowest BCUT2D eigenvalue weighted by Gasteiger charge is -2.06. The van der Waals surface area contributed by atoms with E-state index in [1.54, 1.807) is 11.6 Å². The molecule has 0 saturated heterocycles. The molecule has 0 unspecified atom stereocenters. The Morgan fingerprint density at radius 2 is 2.09 bits per heavy atom. The Labute approximate surface area is 129 Å². The second kappa shape index (κ2) is 6.89. The normalized spacial score (nSPS) is 10.4. The van der Waals surface area contributed by atoms with Crippen LogP contribution < -0.4 is 4.74 Å². The van der Waals surface area contributed by atoms with E-state index in [9.17, 15) is 14.9 Å². The number of ether oxygens (including phenoxy) is 1. The van der Waals surface area contributed by atoms with Gasteiger partial charge in [0.1, 0.15) is 12.4 Å². The molecule has 0 spiro atoms. The number of nitrogens with zero attached hydrogens (tertiary/aromatic N) is 4. The summed E-state index contributed by atoms with van der Waals surface area (Å²) in [6.45, 7) is 0.120. The highest BCUT2D eigenvalue weighted by Crippen LogP contribution is 2.19. The van der Waals surface area contributed by atoms with Crippen molar-refractivity contribution in [1.29, 1.82) is 0 Å². The molecule has 0 fully saturated rings. The van der Waals surface area contributed by atoms with Gasteiger partial charge in [-0.25, -0.2) is 0 Å². The Morgan fingerprint density at radius 3 is 2.68 bits per heavy atom. The van der Waals surface area contributed by atoms with Gasteiger partial charge in [-0.2, -0.15) is 0 Å². The fourth-order valence-electron chi connectivity index (χ4n) is 1.53. The Bertz CT molecular complexity index is 685. The number of hydrogen-bond acceptors (Lipinski definition) is 7. The van der Waals surface area contributed by atoms with E-state index in [4.69, 9.17) is 9.84 Å². The lowest BCUT2D eigenvalue weighted by atomic mass is 10.3. The Morgan fingerprint density at radius 1 is 1.41 bits per heavy atom. The molecule has 1 heterocycles. The van der Waals surface area contributed by atoms with Gasteiger partial charge in [0.25, 0.3) is 5.69 Å². The third-order valence-electron chi connectivity index (χ3n) is 2.67. The first kappa shape index (κ1) is 15.8. The molecular weight excluding hydrogens is 312 g/mol. The molecule has 2 aromatic rings. The van der Waals surface area contributed by atoms with Crippen LogP contribution in [-0.2, 0) is 18.4 Å². The first-order valence-corrected chi connectivity index (χ1v) is 7.06. The van der Waals surface area contributed by atoms with Crippen molar-refractivity contribution in [2.45, 2.75) is 11.8 Å². The topological polar surface area (TPSA) is 120 Å². The third-order valence-corrected chi connectivity index (χ3v) is 3.67. The zero-order valence-electron chi connectivity index (χ0n) is 11.5. The van der Waals surface area contributed by atoms with Crippen LogP contribution in [0.3, 0.4) is 0 Å². The molecule has 0 saturated carbocycles. The van der Waals surface area contributed by atoms with Crippen molar-refractivity contribution in [3.05, 3.63) is 40.2 Å². The number of carboxylic acid groups (broad SMARTS) is 1. The lowest BCUT2D eigenvalue weighted by Crippen LogP contribution is -2.05.